The molecule has 0 radical (unpaired) electrons. The summed E-state index contributed by atoms with van der Waals surface area (Å²) in [7, 11) is -1.79. The largest absolute Gasteiger partial charge is 0.309 e. The van der Waals surface area contributed by atoms with Gasteiger partial charge in [0.05, 0.1) is 16.7 Å². The molecule has 2 aromatic heterocycles. The molecular formula is C31H26N2Si. The molecule has 2 heterocycles. The number of nitrogens with zero attached hydrogens (tertiary/aromatic N) is 2. The minimum atomic E-state index is -1.79. The third-order valence-electron chi connectivity index (χ3n) is 6.97. The zero-order valence-electron chi connectivity index (χ0n) is 19.4. The van der Waals surface area contributed by atoms with Gasteiger partial charge in [-0.15, -0.1) is 0 Å². The van der Waals surface area contributed by atoms with Gasteiger partial charge in [0.1, 0.15) is 8.07 Å². The van der Waals surface area contributed by atoms with E-state index in [2.05, 4.69) is 139 Å². The molecule has 0 saturated carbocycles. The smallest absolute Gasteiger partial charge is 0.114 e. The number of pyridine rings is 1. The van der Waals surface area contributed by atoms with E-state index in [-0.39, 0.29) is 0 Å². The van der Waals surface area contributed by atoms with Crippen LogP contribution in [0.15, 0.2) is 121 Å². The first-order chi connectivity index (χ1) is 16.6. The van der Waals surface area contributed by atoms with Gasteiger partial charge in [0.15, 0.2) is 0 Å². The van der Waals surface area contributed by atoms with E-state index in [0.29, 0.717) is 0 Å². The van der Waals surface area contributed by atoms with E-state index in [1.807, 2.05) is 0 Å². The molecule has 0 bridgehead atoms. The van der Waals surface area contributed by atoms with Crippen LogP contribution in [-0.4, -0.2) is 17.6 Å². The van der Waals surface area contributed by atoms with E-state index in [1.165, 1.54) is 32.2 Å². The Morgan fingerprint density at radius 2 is 1.26 bits per heavy atom. The average molecular weight is 455 g/mol. The van der Waals surface area contributed by atoms with Gasteiger partial charge in [0.2, 0.25) is 0 Å². The van der Waals surface area contributed by atoms with Crippen LogP contribution in [0.25, 0.3) is 38.8 Å². The number of aromatic nitrogens is 2. The lowest BCUT2D eigenvalue weighted by atomic mass is 10.1. The minimum Gasteiger partial charge on any atom is -0.309 e. The Hall–Kier alpha value is -3.95. The van der Waals surface area contributed by atoms with E-state index in [1.54, 1.807) is 0 Å². The summed E-state index contributed by atoms with van der Waals surface area (Å²) in [6.45, 7) is 4.79. The molecule has 0 aliphatic rings. The van der Waals surface area contributed by atoms with Crippen LogP contribution in [0, 0.1) is 0 Å². The monoisotopic (exact) mass is 454 g/mol. The van der Waals surface area contributed by atoms with Crippen LogP contribution in [0.5, 0.6) is 0 Å². The first-order valence-corrected chi connectivity index (χ1v) is 14.7. The standard InChI is InChI=1S/C31H26N2Si/c1-34(2,24-14-7-4-8-15-24)25-20-21-29(32-22-25)28-18-11-17-27-26-16-9-10-19-30(26)33(31(27)28)23-12-5-3-6-13-23/h3-22H,1-2H3. The van der Waals surface area contributed by atoms with Gasteiger partial charge < -0.3 is 4.57 Å². The molecule has 0 fully saturated rings. The van der Waals surface area contributed by atoms with Crippen LogP contribution in [-0.2, 0) is 0 Å². The molecule has 6 rings (SSSR count). The third-order valence-corrected chi connectivity index (χ3v) is 10.5. The number of hydrogen-bond donors (Lipinski definition) is 0. The second-order valence-electron chi connectivity index (χ2n) is 9.31. The molecule has 164 valence electrons. The van der Waals surface area contributed by atoms with Gasteiger partial charge in [-0.1, -0.05) is 109 Å². The quantitative estimate of drug-likeness (QED) is 0.272. The Bertz CT molecular complexity index is 1600. The maximum atomic E-state index is 5.02. The van der Waals surface area contributed by atoms with Crippen LogP contribution in [0.3, 0.4) is 0 Å². The van der Waals surface area contributed by atoms with E-state index >= 15 is 0 Å². The molecule has 4 aromatic carbocycles. The predicted molar refractivity (Wildman–Crippen MR) is 147 cm³/mol. The van der Waals surface area contributed by atoms with Crippen molar-refractivity contribution >= 4 is 40.3 Å². The number of hydrogen-bond acceptors (Lipinski definition) is 1. The number of benzene rings is 4. The number of para-hydroxylation sites is 3. The normalized spacial score (nSPS) is 11.8. The summed E-state index contributed by atoms with van der Waals surface area (Å²) in [5, 5.41) is 5.29. The molecule has 34 heavy (non-hydrogen) atoms. The van der Waals surface area contributed by atoms with Crippen molar-refractivity contribution in [1.82, 2.24) is 9.55 Å². The highest BCUT2D eigenvalue weighted by molar-refractivity contribution is 7.00. The first-order valence-electron chi connectivity index (χ1n) is 11.7. The van der Waals surface area contributed by atoms with E-state index in [4.69, 9.17) is 4.98 Å². The summed E-state index contributed by atoms with van der Waals surface area (Å²) >= 11 is 0. The Morgan fingerprint density at radius 3 is 2.00 bits per heavy atom. The summed E-state index contributed by atoms with van der Waals surface area (Å²) in [4.78, 5) is 5.02. The van der Waals surface area contributed by atoms with Crippen molar-refractivity contribution in [3.8, 4) is 16.9 Å². The van der Waals surface area contributed by atoms with Gasteiger partial charge in [-0.25, -0.2) is 0 Å². The molecule has 0 N–H and O–H groups in total. The molecule has 0 aliphatic heterocycles. The van der Waals surface area contributed by atoms with Crippen molar-refractivity contribution in [1.29, 1.82) is 0 Å². The Balaban J connectivity index is 1.55. The molecular weight excluding hydrogens is 428 g/mol. The highest BCUT2D eigenvalue weighted by atomic mass is 28.3. The lowest BCUT2D eigenvalue weighted by molar-refractivity contribution is 1.18. The maximum absolute atomic E-state index is 5.02. The summed E-state index contributed by atoms with van der Waals surface area (Å²) in [6.07, 6.45) is 2.10. The number of rotatable bonds is 4. The summed E-state index contributed by atoms with van der Waals surface area (Å²) in [5.41, 5.74) is 5.74. The van der Waals surface area contributed by atoms with Gasteiger partial charge in [-0.2, -0.15) is 0 Å². The summed E-state index contributed by atoms with van der Waals surface area (Å²) < 4.78 is 2.37. The Morgan fingerprint density at radius 1 is 0.588 bits per heavy atom. The number of fused-ring (bicyclic) bond motifs is 3. The molecule has 2 nitrogen and oxygen atoms in total. The third kappa shape index (κ3) is 3.28. The van der Waals surface area contributed by atoms with Gasteiger partial charge in [-0.3, -0.25) is 4.98 Å². The Kier molecular flexibility index (Phi) is 4.93. The second kappa shape index (κ2) is 8.12. The fraction of sp³-hybridized carbons (Fsp3) is 0.0645. The fourth-order valence-corrected chi connectivity index (χ4v) is 7.26. The van der Waals surface area contributed by atoms with Crippen LogP contribution in [0.4, 0.5) is 0 Å². The second-order valence-corrected chi connectivity index (χ2v) is 13.7. The molecule has 6 aromatic rings. The van der Waals surface area contributed by atoms with Crippen molar-refractivity contribution in [2.75, 3.05) is 0 Å². The molecule has 0 aliphatic carbocycles. The SMILES string of the molecule is C[Si](C)(c1ccccc1)c1ccc(-c2cccc3c4ccccc4n(-c4ccccc4)c23)nc1. The van der Waals surface area contributed by atoms with Crippen LogP contribution in [0.1, 0.15) is 0 Å². The van der Waals surface area contributed by atoms with Crippen molar-refractivity contribution in [3.63, 3.8) is 0 Å². The van der Waals surface area contributed by atoms with Crippen molar-refractivity contribution in [3.05, 3.63) is 121 Å². The fourth-order valence-electron chi connectivity index (χ4n) is 5.01. The highest BCUT2D eigenvalue weighted by Crippen LogP contribution is 2.37. The zero-order chi connectivity index (χ0) is 23.1. The maximum Gasteiger partial charge on any atom is 0.114 e. The predicted octanol–water partition coefficient (Wildman–Crippen LogP) is 6.67. The highest BCUT2D eigenvalue weighted by Gasteiger charge is 2.26. The molecule has 0 atom stereocenters. The van der Waals surface area contributed by atoms with Crippen molar-refractivity contribution < 1.29 is 0 Å². The van der Waals surface area contributed by atoms with Gasteiger partial charge in [0.25, 0.3) is 0 Å². The first kappa shape index (κ1) is 20.6. The van der Waals surface area contributed by atoms with Crippen molar-refractivity contribution in [2.24, 2.45) is 0 Å². The molecule has 0 saturated heterocycles. The van der Waals surface area contributed by atoms with E-state index in [9.17, 15) is 0 Å². The molecule has 0 amide bonds. The van der Waals surface area contributed by atoms with Crippen molar-refractivity contribution in [2.45, 2.75) is 13.1 Å². The minimum absolute atomic E-state index is 1.01. The van der Waals surface area contributed by atoms with Gasteiger partial charge in [0, 0.05) is 28.2 Å². The van der Waals surface area contributed by atoms with Gasteiger partial charge >= 0.3 is 0 Å². The lowest BCUT2D eigenvalue weighted by Crippen LogP contribution is -2.52. The average Bonchev–Trinajstić information content (AvgIpc) is 3.24. The molecule has 0 spiro atoms. The topological polar surface area (TPSA) is 17.8 Å². The van der Waals surface area contributed by atoms with Gasteiger partial charge in [-0.05, 0) is 29.5 Å². The summed E-state index contributed by atoms with van der Waals surface area (Å²) in [5.74, 6) is 0. The summed E-state index contributed by atoms with van der Waals surface area (Å²) in [6, 6.07) is 41.2. The van der Waals surface area contributed by atoms with E-state index in [0.717, 1.165) is 16.9 Å². The van der Waals surface area contributed by atoms with Crippen LogP contribution < -0.4 is 10.4 Å². The Labute approximate surface area is 201 Å². The molecule has 0 unspecified atom stereocenters. The van der Waals surface area contributed by atoms with Crippen LogP contribution in [0.2, 0.25) is 13.1 Å². The van der Waals surface area contributed by atoms with Crippen LogP contribution >= 0.6 is 0 Å². The van der Waals surface area contributed by atoms with E-state index < -0.39 is 8.07 Å². The zero-order valence-corrected chi connectivity index (χ0v) is 20.4. The lowest BCUT2D eigenvalue weighted by Gasteiger charge is -2.23. The molecule has 3 heteroatoms.